The van der Waals surface area contributed by atoms with Crippen LogP contribution in [0.25, 0.3) is 10.9 Å². The van der Waals surface area contributed by atoms with E-state index in [1.165, 1.54) is 6.26 Å². The Labute approximate surface area is 132 Å². The fraction of sp³-hybridized carbons (Fsp3) is 0.357. The molecular formula is C14H16BrN3O2S. The molecule has 5 nitrogen and oxygen atoms in total. The summed E-state index contributed by atoms with van der Waals surface area (Å²) in [6.07, 6.45) is 2.27. The molecule has 7 heteroatoms. The van der Waals surface area contributed by atoms with Gasteiger partial charge in [0.05, 0.1) is 12.1 Å². The summed E-state index contributed by atoms with van der Waals surface area (Å²) in [6, 6.07) is 7.53. The van der Waals surface area contributed by atoms with E-state index in [2.05, 4.69) is 26.2 Å². The lowest BCUT2D eigenvalue weighted by atomic mass is 10.2. The average molecular weight is 370 g/mol. The van der Waals surface area contributed by atoms with Gasteiger partial charge in [-0.1, -0.05) is 18.2 Å². The van der Waals surface area contributed by atoms with Gasteiger partial charge in [0.1, 0.15) is 15.3 Å². The minimum absolute atomic E-state index is 0.342. The highest BCUT2D eigenvalue weighted by Crippen LogP contribution is 2.33. The first-order valence-corrected chi connectivity index (χ1v) is 9.41. The number of nitrogens with one attached hydrogen (secondary N) is 1. The smallest absolute Gasteiger partial charge is 0.178 e. The van der Waals surface area contributed by atoms with E-state index in [-0.39, 0.29) is 0 Å². The summed E-state index contributed by atoms with van der Waals surface area (Å²) >= 11 is 3.46. The SMILES string of the molecule is CS(=O)(=O)c1c(Br)n(CC2=NCCCN2)c2ccccc12. The molecule has 0 bridgehead atoms. The molecule has 0 saturated carbocycles. The van der Waals surface area contributed by atoms with Gasteiger partial charge in [0.15, 0.2) is 9.84 Å². The Bertz CT molecular complexity index is 824. The predicted molar refractivity (Wildman–Crippen MR) is 87.7 cm³/mol. The number of nitrogens with zero attached hydrogens (tertiary/aromatic N) is 2. The lowest BCUT2D eigenvalue weighted by molar-refractivity contribution is 0.601. The van der Waals surface area contributed by atoms with Gasteiger partial charge in [0, 0.05) is 24.7 Å². The largest absolute Gasteiger partial charge is 0.372 e. The molecule has 1 aromatic heterocycles. The minimum Gasteiger partial charge on any atom is -0.372 e. The first kappa shape index (κ1) is 14.6. The Morgan fingerprint density at radius 3 is 2.81 bits per heavy atom. The van der Waals surface area contributed by atoms with Crippen LogP contribution in [0.2, 0.25) is 0 Å². The van der Waals surface area contributed by atoms with Gasteiger partial charge in [-0.15, -0.1) is 0 Å². The third-order valence-electron chi connectivity index (χ3n) is 3.51. The summed E-state index contributed by atoms with van der Waals surface area (Å²) in [5.41, 5.74) is 0.889. The third-order valence-corrected chi connectivity index (χ3v) is 5.75. The quantitative estimate of drug-likeness (QED) is 0.901. The molecule has 2 heterocycles. The van der Waals surface area contributed by atoms with E-state index in [0.29, 0.717) is 16.0 Å². The third kappa shape index (κ3) is 2.72. The number of rotatable bonds is 3. The first-order valence-electron chi connectivity index (χ1n) is 6.72. The second-order valence-electron chi connectivity index (χ2n) is 5.10. The Morgan fingerprint density at radius 2 is 2.14 bits per heavy atom. The van der Waals surface area contributed by atoms with Crippen molar-refractivity contribution in [3.8, 4) is 0 Å². The van der Waals surface area contributed by atoms with Gasteiger partial charge in [0.25, 0.3) is 0 Å². The molecule has 112 valence electrons. The number of amidine groups is 1. The molecule has 1 aliphatic rings. The summed E-state index contributed by atoms with van der Waals surface area (Å²) in [7, 11) is -3.31. The van der Waals surface area contributed by atoms with E-state index in [1.807, 2.05) is 28.8 Å². The van der Waals surface area contributed by atoms with Gasteiger partial charge in [-0.25, -0.2) is 8.42 Å². The van der Waals surface area contributed by atoms with Crippen LogP contribution in [0.15, 0.2) is 38.8 Å². The van der Waals surface area contributed by atoms with E-state index in [9.17, 15) is 8.42 Å². The maximum Gasteiger partial charge on any atom is 0.178 e. The molecule has 1 N–H and O–H groups in total. The zero-order valence-corrected chi connectivity index (χ0v) is 14.0. The number of hydrogen-bond donors (Lipinski definition) is 1. The average Bonchev–Trinajstić information content (AvgIpc) is 2.73. The molecule has 0 amide bonds. The molecule has 0 saturated heterocycles. The Hall–Kier alpha value is -1.34. The number of benzene rings is 1. The molecule has 1 aliphatic heterocycles. The summed E-state index contributed by atoms with van der Waals surface area (Å²) in [5, 5.41) is 4.01. The molecule has 2 aromatic rings. The van der Waals surface area contributed by atoms with Crippen LogP contribution in [0.3, 0.4) is 0 Å². The van der Waals surface area contributed by atoms with Crippen molar-refractivity contribution in [2.24, 2.45) is 4.99 Å². The normalized spacial score (nSPS) is 15.8. The number of sulfone groups is 1. The highest BCUT2D eigenvalue weighted by molar-refractivity contribution is 9.10. The monoisotopic (exact) mass is 369 g/mol. The van der Waals surface area contributed by atoms with Crippen molar-refractivity contribution in [1.82, 2.24) is 9.88 Å². The van der Waals surface area contributed by atoms with Gasteiger partial charge in [-0.05, 0) is 28.4 Å². The van der Waals surface area contributed by atoms with E-state index < -0.39 is 9.84 Å². The lowest BCUT2D eigenvalue weighted by Gasteiger charge is -2.16. The van der Waals surface area contributed by atoms with Crippen LogP contribution in [-0.2, 0) is 16.4 Å². The van der Waals surface area contributed by atoms with Crippen LogP contribution in [0.1, 0.15) is 6.42 Å². The molecule has 0 atom stereocenters. The van der Waals surface area contributed by atoms with Gasteiger partial charge in [-0.3, -0.25) is 4.99 Å². The number of aliphatic imine (C=N–C) groups is 1. The van der Waals surface area contributed by atoms with Crippen LogP contribution in [0, 0.1) is 0 Å². The summed E-state index contributed by atoms with van der Waals surface area (Å²) in [5.74, 6) is 0.891. The van der Waals surface area contributed by atoms with E-state index >= 15 is 0 Å². The van der Waals surface area contributed by atoms with E-state index in [1.54, 1.807) is 0 Å². The van der Waals surface area contributed by atoms with Crippen molar-refractivity contribution >= 4 is 42.5 Å². The van der Waals surface area contributed by atoms with Gasteiger partial charge in [0.2, 0.25) is 0 Å². The highest BCUT2D eigenvalue weighted by Gasteiger charge is 2.23. The number of aromatic nitrogens is 1. The second kappa shape index (κ2) is 5.46. The van der Waals surface area contributed by atoms with Crippen LogP contribution >= 0.6 is 15.9 Å². The van der Waals surface area contributed by atoms with E-state index in [0.717, 1.165) is 36.2 Å². The van der Waals surface area contributed by atoms with Crippen molar-refractivity contribution in [1.29, 1.82) is 0 Å². The van der Waals surface area contributed by atoms with E-state index in [4.69, 9.17) is 0 Å². The first-order chi connectivity index (χ1) is 9.98. The maximum absolute atomic E-state index is 12.1. The molecule has 3 rings (SSSR count). The maximum atomic E-state index is 12.1. The summed E-state index contributed by atoms with van der Waals surface area (Å²) in [6.45, 7) is 2.27. The minimum atomic E-state index is -3.31. The fourth-order valence-corrected chi connectivity index (χ4v) is 4.99. The Balaban J connectivity index is 2.18. The van der Waals surface area contributed by atoms with Gasteiger partial charge in [-0.2, -0.15) is 0 Å². The fourth-order valence-electron chi connectivity index (χ4n) is 2.59. The zero-order chi connectivity index (χ0) is 15.0. The highest BCUT2D eigenvalue weighted by atomic mass is 79.9. The van der Waals surface area contributed by atoms with Gasteiger partial charge < -0.3 is 9.88 Å². The van der Waals surface area contributed by atoms with Crippen molar-refractivity contribution in [2.75, 3.05) is 19.3 Å². The molecule has 21 heavy (non-hydrogen) atoms. The molecular weight excluding hydrogens is 354 g/mol. The van der Waals surface area contributed by atoms with Gasteiger partial charge >= 0.3 is 0 Å². The summed E-state index contributed by atoms with van der Waals surface area (Å²) in [4.78, 5) is 4.80. The summed E-state index contributed by atoms with van der Waals surface area (Å²) < 4.78 is 26.7. The molecule has 0 aliphatic carbocycles. The molecule has 1 aromatic carbocycles. The molecule has 0 radical (unpaired) electrons. The molecule has 0 unspecified atom stereocenters. The number of fused-ring (bicyclic) bond motifs is 1. The van der Waals surface area contributed by atoms with Crippen molar-refractivity contribution in [2.45, 2.75) is 17.9 Å². The van der Waals surface area contributed by atoms with Crippen LogP contribution in [0.5, 0.6) is 0 Å². The Kier molecular flexibility index (Phi) is 3.79. The van der Waals surface area contributed by atoms with Crippen molar-refractivity contribution in [3.63, 3.8) is 0 Å². The second-order valence-corrected chi connectivity index (χ2v) is 7.81. The van der Waals surface area contributed by atoms with Crippen molar-refractivity contribution in [3.05, 3.63) is 28.9 Å². The standard InChI is InChI=1S/C14H16BrN3O2S/c1-21(19,20)13-10-5-2-3-6-11(10)18(14(13)15)9-12-16-7-4-8-17-12/h2-3,5-6H,4,7-9H2,1H3,(H,16,17). The van der Waals surface area contributed by atoms with Crippen LogP contribution in [-0.4, -0.2) is 38.2 Å². The number of halogens is 1. The van der Waals surface area contributed by atoms with Crippen LogP contribution in [0.4, 0.5) is 0 Å². The topological polar surface area (TPSA) is 63.5 Å². The lowest BCUT2D eigenvalue weighted by Crippen LogP contribution is -2.32. The number of hydrogen-bond acceptors (Lipinski definition) is 4. The van der Waals surface area contributed by atoms with Crippen molar-refractivity contribution < 1.29 is 8.42 Å². The molecule has 0 fully saturated rings. The van der Waals surface area contributed by atoms with Crippen LogP contribution < -0.4 is 5.32 Å². The number of para-hydroxylation sites is 1. The zero-order valence-electron chi connectivity index (χ0n) is 11.6. The Morgan fingerprint density at radius 1 is 1.38 bits per heavy atom. The predicted octanol–water partition coefficient (Wildman–Crippen LogP) is 2.20. The molecule has 0 spiro atoms.